The maximum atomic E-state index is 13.1. The van der Waals surface area contributed by atoms with Crippen molar-refractivity contribution in [2.75, 3.05) is 4.90 Å². The Hall–Kier alpha value is -3.33. The Morgan fingerprint density at radius 3 is 2.24 bits per heavy atom. The number of nitrogens with zero attached hydrogens (tertiary/aromatic N) is 1. The summed E-state index contributed by atoms with van der Waals surface area (Å²) >= 11 is 1.08. The highest BCUT2D eigenvalue weighted by Gasteiger charge is 2.30. The number of carbonyl (C=O) groups excluding carboxylic acids is 1. The largest absolute Gasteiger partial charge is 0.512 e. The minimum absolute atomic E-state index is 0.0173. The molecule has 3 rings (SSSR count). The minimum atomic E-state index is -4.47. The fraction of sp³-hybridized carbons (Fsp3) is 0.250. The van der Waals surface area contributed by atoms with Crippen molar-refractivity contribution in [1.82, 2.24) is 0 Å². The molecule has 174 valence electrons. The molecule has 0 unspecified atom stereocenters. The number of ether oxygens (including phenoxy) is 1. The highest BCUT2D eigenvalue weighted by molar-refractivity contribution is 7.18. The van der Waals surface area contributed by atoms with E-state index in [9.17, 15) is 27.9 Å². The molecule has 0 aliphatic carbocycles. The zero-order valence-corrected chi connectivity index (χ0v) is 18.7. The molecule has 0 saturated heterocycles. The third kappa shape index (κ3) is 6.35. The van der Waals surface area contributed by atoms with Crippen LogP contribution < -0.4 is 9.64 Å². The number of halogens is 3. The molecule has 0 spiro atoms. The van der Waals surface area contributed by atoms with Crippen LogP contribution in [0.25, 0.3) is 10.4 Å². The fourth-order valence-corrected chi connectivity index (χ4v) is 4.21. The molecule has 0 atom stereocenters. The van der Waals surface area contributed by atoms with E-state index in [0.717, 1.165) is 29.0 Å². The first-order valence-corrected chi connectivity index (χ1v) is 10.9. The lowest BCUT2D eigenvalue weighted by atomic mass is 10.1. The predicted molar refractivity (Wildman–Crippen MR) is 120 cm³/mol. The van der Waals surface area contributed by atoms with Crippen LogP contribution in [0.2, 0.25) is 0 Å². The van der Waals surface area contributed by atoms with E-state index in [1.54, 1.807) is 6.07 Å². The highest BCUT2D eigenvalue weighted by Crippen LogP contribution is 2.44. The van der Waals surface area contributed by atoms with Gasteiger partial charge in [0.05, 0.1) is 17.8 Å². The van der Waals surface area contributed by atoms with Gasteiger partial charge in [0.2, 0.25) is 11.0 Å². The van der Waals surface area contributed by atoms with Gasteiger partial charge in [-0.3, -0.25) is 4.79 Å². The van der Waals surface area contributed by atoms with Crippen molar-refractivity contribution in [2.45, 2.75) is 33.0 Å². The molecule has 1 amide bonds. The summed E-state index contributed by atoms with van der Waals surface area (Å²) in [6.07, 6.45) is -5.82. The van der Waals surface area contributed by atoms with Crippen LogP contribution in [0.1, 0.15) is 31.4 Å². The third-order valence-electron chi connectivity index (χ3n) is 4.71. The number of thiophene rings is 1. The Kier molecular flexibility index (Phi) is 7.43. The highest BCUT2D eigenvalue weighted by atomic mass is 32.1. The van der Waals surface area contributed by atoms with Crippen molar-refractivity contribution in [3.8, 4) is 15.5 Å². The number of rotatable bonds is 7. The summed E-state index contributed by atoms with van der Waals surface area (Å²) in [5, 5.41) is 9.23. The zero-order chi connectivity index (χ0) is 24.2. The summed E-state index contributed by atoms with van der Waals surface area (Å²) in [7, 11) is 0. The third-order valence-corrected chi connectivity index (χ3v) is 5.77. The number of hydrogen-bond donors (Lipinski definition) is 1. The van der Waals surface area contributed by atoms with Crippen LogP contribution in [-0.2, 0) is 17.5 Å². The van der Waals surface area contributed by atoms with Crippen molar-refractivity contribution < 1.29 is 32.6 Å². The topological polar surface area (TPSA) is 66.8 Å². The summed E-state index contributed by atoms with van der Waals surface area (Å²) in [4.78, 5) is 26.5. The quantitative estimate of drug-likeness (QED) is 0.370. The molecule has 1 N–H and O–H groups in total. The molecule has 3 aromatic rings. The van der Waals surface area contributed by atoms with E-state index in [2.05, 4.69) is 0 Å². The number of carbonyl (C=O) groups is 2. The van der Waals surface area contributed by atoms with Gasteiger partial charge in [0.15, 0.2) is 0 Å². The van der Waals surface area contributed by atoms with Gasteiger partial charge in [-0.25, -0.2) is 4.79 Å². The Bertz CT molecular complexity index is 1110. The monoisotopic (exact) mass is 477 g/mol. The van der Waals surface area contributed by atoms with Gasteiger partial charge in [-0.1, -0.05) is 67.6 Å². The lowest BCUT2D eigenvalue weighted by molar-refractivity contribution is -0.137. The van der Waals surface area contributed by atoms with Gasteiger partial charge >= 0.3 is 12.3 Å². The van der Waals surface area contributed by atoms with Crippen molar-refractivity contribution in [2.24, 2.45) is 5.92 Å². The van der Waals surface area contributed by atoms with Crippen molar-refractivity contribution in [3.05, 3.63) is 71.8 Å². The van der Waals surface area contributed by atoms with Crippen LogP contribution in [0.3, 0.4) is 0 Å². The smallest absolute Gasteiger partial charge is 0.449 e. The van der Waals surface area contributed by atoms with E-state index in [4.69, 9.17) is 4.74 Å². The second kappa shape index (κ2) is 10.1. The van der Waals surface area contributed by atoms with Crippen molar-refractivity contribution in [3.63, 3.8) is 0 Å². The SMILES string of the molecule is CC(C)CC(=O)N(Cc1ccc(C(F)(F)F)cc1)c1cc(-c2ccccc2)sc1OC(=O)O. The number of benzene rings is 2. The first-order valence-electron chi connectivity index (χ1n) is 10.1. The van der Waals surface area contributed by atoms with Crippen LogP contribution in [0.5, 0.6) is 5.06 Å². The maximum Gasteiger partial charge on any atom is 0.512 e. The average Bonchev–Trinajstić information content (AvgIpc) is 3.14. The van der Waals surface area contributed by atoms with E-state index < -0.39 is 17.9 Å². The first kappa shape index (κ1) is 24.3. The average molecular weight is 478 g/mol. The number of alkyl halides is 3. The van der Waals surface area contributed by atoms with Gasteiger partial charge in [0.1, 0.15) is 0 Å². The summed E-state index contributed by atoms with van der Waals surface area (Å²) < 4.78 is 43.7. The predicted octanol–water partition coefficient (Wildman–Crippen LogP) is 7.07. The van der Waals surface area contributed by atoms with Crippen LogP contribution in [-0.4, -0.2) is 17.2 Å². The molecule has 33 heavy (non-hydrogen) atoms. The molecule has 1 heterocycles. The lowest BCUT2D eigenvalue weighted by Crippen LogP contribution is -2.31. The number of anilines is 1. The molecule has 0 aliphatic rings. The standard InChI is InChI=1S/C24H22F3NO4S/c1-15(2)12-21(29)28(14-16-8-10-18(11-9-16)24(25,26)27)19-13-20(17-6-4-3-5-7-17)33-22(19)32-23(30)31/h3-11,13,15H,12,14H2,1-2H3,(H,30,31). The van der Waals surface area contributed by atoms with Crippen LogP contribution in [0, 0.1) is 5.92 Å². The Morgan fingerprint density at radius 2 is 1.70 bits per heavy atom. The first-order chi connectivity index (χ1) is 15.5. The van der Waals surface area contributed by atoms with Gasteiger partial charge in [-0.15, -0.1) is 0 Å². The molecular formula is C24H22F3NO4S. The molecule has 0 bridgehead atoms. The maximum absolute atomic E-state index is 13.1. The van der Waals surface area contributed by atoms with E-state index in [1.807, 2.05) is 44.2 Å². The lowest BCUT2D eigenvalue weighted by Gasteiger charge is -2.24. The molecule has 0 radical (unpaired) electrons. The number of carboxylic acid groups (broad SMARTS) is 1. The van der Waals surface area contributed by atoms with Gasteiger partial charge in [-0.05, 0) is 35.2 Å². The number of hydrogen-bond acceptors (Lipinski definition) is 4. The Labute approximate surface area is 193 Å². The summed E-state index contributed by atoms with van der Waals surface area (Å²) in [5.41, 5.74) is 0.749. The van der Waals surface area contributed by atoms with Crippen molar-refractivity contribution in [1.29, 1.82) is 0 Å². The van der Waals surface area contributed by atoms with Gasteiger partial charge in [0, 0.05) is 11.3 Å². The van der Waals surface area contributed by atoms with E-state index in [-0.39, 0.29) is 35.5 Å². The van der Waals surface area contributed by atoms with E-state index in [0.29, 0.717) is 10.4 Å². The fourth-order valence-electron chi connectivity index (χ4n) is 3.20. The molecule has 0 fully saturated rings. The minimum Gasteiger partial charge on any atom is -0.449 e. The molecule has 9 heteroatoms. The summed E-state index contributed by atoms with van der Waals surface area (Å²) in [6.45, 7) is 3.70. The molecule has 0 saturated carbocycles. The molecule has 1 aromatic heterocycles. The molecular weight excluding hydrogens is 455 g/mol. The van der Waals surface area contributed by atoms with E-state index in [1.165, 1.54) is 17.0 Å². The second-order valence-electron chi connectivity index (χ2n) is 7.79. The molecule has 2 aromatic carbocycles. The normalized spacial score (nSPS) is 11.5. The number of amides is 1. The van der Waals surface area contributed by atoms with Gasteiger partial charge < -0.3 is 14.7 Å². The van der Waals surface area contributed by atoms with Crippen LogP contribution >= 0.6 is 11.3 Å². The molecule has 0 aliphatic heterocycles. The van der Waals surface area contributed by atoms with Crippen molar-refractivity contribution >= 4 is 29.1 Å². The Morgan fingerprint density at radius 1 is 1.06 bits per heavy atom. The summed E-state index contributed by atoms with van der Waals surface area (Å²) in [5.74, 6) is -0.277. The van der Waals surface area contributed by atoms with Gasteiger partial charge in [0.25, 0.3) is 0 Å². The van der Waals surface area contributed by atoms with Crippen LogP contribution in [0.4, 0.5) is 23.7 Å². The molecule has 5 nitrogen and oxygen atoms in total. The van der Waals surface area contributed by atoms with Crippen LogP contribution in [0.15, 0.2) is 60.7 Å². The zero-order valence-electron chi connectivity index (χ0n) is 17.9. The Balaban J connectivity index is 2.03. The summed E-state index contributed by atoms with van der Waals surface area (Å²) in [6, 6.07) is 15.4. The second-order valence-corrected chi connectivity index (χ2v) is 8.80. The van der Waals surface area contributed by atoms with Gasteiger partial charge in [-0.2, -0.15) is 13.2 Å². The van der Waals surface area contributed by atoms with E-state index >= 15 is 0 Å².